The first-order chi connectivity index (χ1) is 10.1. The molecule has 2 aliphatic rings. The van der Waals surface area contributed by atoms with E-state index in [1.165, 1.54) is 32.5 Å². The molecule has 0 aromatic rings. The molecule has 4 heteroatoms. The third-order valence-electron chi connectivity index (χ3n) is 4.96. The molecule has 1 heterocycles. The van der Waals surface area contributed by atoms with Crippen LogP contribution in [-0.4, -0.2) is 60.6 Å². The van der Waals surface area contributed by atoms with E-state index in [1.54, 1.807) is 0 Å². The molecule has 1 aliphatic heterocycles. The zero-order valence-corrected chi connectivity index (χ0v) is 14.1. The molecule has 21 heavy (non-hydrogen) atoms. The van der Waals surface area contributed by atoms with Gasteiger partial charge in [0.1, 0.15) is 5.54 Å². The molecule has 2 fully saturated rings. The Bertz CT molecular complexity index is 352. The van der Waals surface area contributed by atoms with E-state index >= 15 is 0 Å². The molecule has 1 saturated heterocycles. The van der Waals surface area contributed by atoms with Crippen molar-refractivity contribution >= 4 is 0 Å². The topological polar surface area (TPSA) is 42.3 Å². The second-order valence-corrected chi connectivity index (χ2v) is 7.20. The average Bonchev–Trinajstić information content (AvgIpc) is 3.30. The van der Waals surface area contributed by atoms with Crippen LogP contribution in [0.1, 0.15) is 46.5 Å². The van der Waals surface area contributed by atoms with E-state index < -0.39 is 0 Å². The zero-order chi connectivity index (χ0) is 15.3. The van der Waals surface area contributed by atoms with Crippen molar-refractivity contribution in [1.29, 1.82) is 5.26 Å². The van der Waals surface area contributed by atoms with E-state index in [-0.39, 0.29) is 5.54 Å². The van der Waals surface area contributed by atoms with Crippen LogP contribution in [0.4, 0.5) is 0 Å². The fourth-order valence-corrected chi connectivity index (χ4v) is 3.33. The van der Waals surface area contributed by atoms with Crippen LogP contribution in [0, 0.1) is 17.2 Å². The molecule has 1 saturated carbocycles. The van der Waals surface area contributed by atoms with Crippen LogP contribution >= 0.6 is 0 Å². The van der Waals surface area contributed by atoms with Crippen molar-refractivity contribution < 1.29 is 0 Å². The molecule has 0 radical (unpaired) electrons. The molecule has 0 aromatic carbocycles. The van der Waals surface area contributed by atoms with Gasteiger partial charge < -0.3 is 4.90 Å². The van der Waals surface area contributed by atoms with Crippen molar-refractivity contribution in [3.05, 3.63) is 0 Å². The summed E-state index contributed by atoms with van der Waals surface area (Å²) in [5.41, 5.74) is -0.388. The fourth-order valence-electron chi connectivity index (χ4n) is 3.33. The van der Waals surface area contributed by atoms with Gasteiger partial charge in [-0.05, 0) is 52.0 Å². The minimum atomic E-state index is -0.388. The third-order valence-corrected chi connectivity index (χ3v) is 4.96. The lowest BCUT2D eigenvalue weighted by molar-refractivity contribution is 0.0881. The Kier molecular flexibility index (Phi) is 6.04. The molecule has 2 unspecified atom stereocenters. The molecule has 2 rings (SSSR count). The van der Waals surface area contributed by atoms with E-state index in [9.17, 15) is 5.26 Å². The molecular formula is C17H32N4. The molecule has 0 aromatic heterocycles. The molecule has 0 bridgehead atoms. The largest absolute Gasteiger partial charge is 0.301 e. The molecule has 2 atom stereocenters. The second-order valence-electron chi connectivity index (χ2n) is 7.20. The van der Waals surface area contributed by atoms with Crippen molar-refractivity contribution in [1.82, 2.24) is 15.1 Å². The number of hydrogen-bond acceptors (Lipinski definition) is 4. The number of nitrogens with zero attached hydrogens (tertiary/aromatic N) is 3. The minimum absolute atomic E-state index is 0.388. The summed E-state index contributed by atoms with van der Waals surface area (Å²) in [4.78, 5) is 5.19. The first-order valence-electron chi connectivity index (χ1n) is 8.69. The van der Waals surface area contributed by atoms with Gasteiger partial charge in [-0.1, -0.05) is 6.92 Å². The van der Waals surface area contributed by atoms with Crippen LogP contribution in [0.15, 0.2) is 0 Å². The molecule has 0 amide bonds. The number of rotatable bonds is 8. The SMILES string of the molecule is CCCNC(C)(C#N)CC(C)N1CCN(CC2CC2)CC1. The van der Waals surface area contributed by atoms with Gasteiger partial charge in [0.15, 0.2) is 0 Å². The minimum Gasteiger partial charge on any atom is -0.301 e. The molecule has 1 N–H and O–H groups in total. The van der Waals surface area contributed by atoms with Crippen LogP contribution in [-0.2, 0) is 0 Å². The van der Waals surface area contributed by atoms with Gasteiger partial charge in [-0.2, -0.15) is 5.26 Å². The van der Waals surface area contributed by atoms with Crippen molar-refractivity contribution in [3.8, 4) is 6.07 Å². The van der Waals surface area contributed by atoms with Crippen LogP contribution < -0.4 is 5.32 Å². The highest BCUT2D eigenvalue weighted by Crippen LogP contribution is 2.30. The van der Waals surface area contributed by atoms with E-state index in [0.29, 0.717) is 6.04 Å². The van der Waals surface area contributed by atoms with Crippen molar-refractivity contribution in [3.63, 3.8) is 0 Å². The summed E-state index contributed by atoms with van der Waals surface area (Å²) in [7, 11) is 0. The van der Waals surface area contributed by atoms with Crippen molar-refractivity contribution in [2.45, 2.75) is 58.0 Å². The Labute approximate surface area is 130 Å². The first kappa shape index (κ1) is 16.7. The number of nitriles is 1. The average molecular weight is 292 g/mol. The van der Waals surface area contributed by atoms with Gasteiger partial charge in [-0.3, -0.25) is 10.2 Å². The number of hydrogen-bond donors (Lipinski definition) is 1. The van der Waals surface area contributed by atoms with Gasteiger partial charge in [0.25, 0.3) is 0 Å². The monoisotopic (exact) mass is 292 g/mol. The standard InChI is InChI=1S/C17H32N4/c1-4-7-19-17(3,14-18)12-15(2)21-10-8-20(9-11-21)13-16-5-6-16/h15-16,19H,4-13H2,1-3H3. The van der Waals surface area contributed by atoms with Gasteiger partial charge in [0.05, 0.1) is 6.07 Å². The number of piperazine rings is 1. The normalized spacial score (nSPS) is 25.2. The summed E-state index contributed by atoms with van der Waals surface area (Å²) in [5.74, 6) is 0.995. The second kappa shape index (κ2) is 7.58. The predicted octanol–water partition coefficient (Wildman–Crippen LogP) is 2.07. The van der Waals surface area contributed by atoms with E-state index in [2.05, 4.69) is 35.0 Å². The van der Waals surface area contributed by atoms with E-state index in [4.69, 9.17) is 0 Å². The highest BCUT2D eigenvalue weighted by molar-refractivity contribution is 5.05. The lowest BCUT2D eigenvalue weighted by Gasteiger charge is -2.40. The summed E-state index contributed by atoms with van der Waals surface area (Å²) in [5, 5.41) is 12.9. The Balaban J connectivity index is 1.75. The molecule has 1 aliphatic carbocycles. The summed E-state index contributed by atoms with van der Waals surface area (Å²) in [6.07, 6.45) is 4.87. The Hall–Kier alpha value is -0.630. The lowest BCUT2D eigenvalue weighted by Crippen LogP contribution is -2.53. The van der Waals surface area contributed by atoms with Crippen LogP contribution in [0.3, 0.4) is 0 Å². The Morgan fingerprint density at radius 3 is 2.48 bits per heavy atom. The molecule has 4 nitrogen and oxygen atoms in total. The third kappa shape index (κ3) is 5.25. The molecular weight excluding hydrogens is 260 g/mol. The Morgan fingerprint density at radius 2 is 1.95 bits per heavy atom. The predicted molar refractivity (Wildman–Crippen MR) is 87.1 cm³/mol. The summed E-state index contributed by atoms with van der Waals surface area (Å²) >= 11 is 0. The number of nitrogens with one attached hydrogen (secondary N) is 1. The quantitative estimate of drug-likeness (QED) is 0.744. The lowest BCUT2D eigenvalue weighted by atomic mass is 9.94. The molecule has 0 spiro atoms. The van der Waals surface area contributed by atoms with Gasteiger partial charge >= 0.3 is 0 Å². The van der Waals surface area contributed by atoms with Crippen LogP contribution in [0.2, 0.25) is 0 Å². The molecule has 120 valence electrons. The maximum atomic E-state index is 9.47. The fraction of sp³-hybridized carbons (Fsp3) is 0.941. The highest BCUT2D eigenvalue weighted by atomic mass is 15.3. The smallest absolute Gasteiger partial charge is 0.105 e. The van der Waals surface area contributed by atoms with E-state index in [0.717, 1.165) is 38.4 Å². The Morgan fingerprint density at radius 1 is 1.29 bits per heavy atom. The van der Waals surface area contributed by atoms with Gasteiger partial charge in [0, 0.05) is 38.8 Å². The van der Waals surface area contributed by atoms with Crippen molar-refractivity contribution in [2.24, 2.45) is 5.92 Å². The zero-order valence-electron chi connectivity index (χ0n) is 14.1. The van der Waals surface area contributed by atoms with E-state index in [1.807, 2.05) is 6.92 Å². The summed E-state index contributed by atoms with van der Waals surface area (Å²) in [6, 6.07) is 2.95. The van der Waals surface area contributed by atoms with Gasteiger partial charge in [-0.15, -0.1) is 0 Å². The van der Waals surface area contributed by atoms with Crippen LogP contribution in [0.5, 0.6) is 0 Å². The highest BCUT2D eigenvalue weighted by Gasteiger charge is 2.31. The van der Waals surface area contributed by atoms with Crippen LogP contribution in [0.25, 0.3) is 0 Å². The van der Waals surface area contributed by atoms with Gasteiger partial charge in [-0.25, -0.2) is 0 Å². The maximum Gasteiger partial charge on any atom is 0.105 e. The van der Waals surface area contributed by atoms with Crippen molar-refractivity contribution in [2.75, 3.05) is 39.3 Å². The summed E-state index contributed by atoms with van der Waals surface area (Å²) < 4.78 is 0. The van der Waals surface area contributed by atoms with Gasteiger partial charge in [0.2, 0.25) is 0 Å². The summed E-state index contributed by atoms with van der Waals surface area (Å²) in [6.45, 7) is 13.4. The first-order valence-corrected chi connectivity index (χ1v) is 8.69. The maximum absolute atomic E-state index is 9.47.